The van der Waals surface area contributed by atoms with Gasteiger partial charge in [-0.3, -0.25) is 4.79 Å². The highest BCUT2D eigenvalue weighted by Crippen LogP contribution is 2.62. The Morgan fingerprint density at radius 3 is 3.15 bits per heavy atom. The lowest BCUT2D eigenvalue weighted by Gasteiger charge is -2.29. The van der Waals surface area contributed by atoms with Gasteiger partial charge in [-0.25, -0.2) is 0 Å². The standard InChI is InChI=1S/C12H16O/c1-8-7-9-3-2-5-12(9)6-4-10(13)11(8)12/h7,9,11H,2-6H2,1H3/t9-,11+,12+/m1/s1. The Balaban J connectivity index is 2.09. The summed E-state index contributed by atoms with van der Waals surface area (Å²) in [6.07, 6.45) is 8.41. The van der Waals surface area contributed by atoms with Gasteiger partial charge in [0.2, 0.25) is 0 Å². The molecule has 0 N–H and O–H groups in total. The first kappa shape index (κ1) is 7.78. The van der Waals surface area contributed by atoms with Crippen molar-refractivity contribution in [3.63, 3.8) is 0 Å². The molecule has 2 fully saturated rings. The maximum atomic E-state index is 11.8. The van der Waals surface area contributed by atoms with Crippen LogP contribution < -0.4 is 0 Å². The van der Waals surface area contributed by atoms with Crippen LogP contribution in [0.5, 0.6) is 0 Å². The van der Waals surface area contributed by atoms with Crippen LogP contribution in [0.3, 0.4) is 0 Å². The molecule has 3 atom stereocenters. The fraction of sp³-hybridized carbons (Fsp3) is 0.750. The number of carbonyl (C=O) groups is 1. The highest BCUT2D eigenvalue weighted by Gasteiger charge is 2.57. The van der Waals surface area contributed by atoms with Crippen LogP contribution >= 0.6 is 0 Å². The maximum Gasteiger partial charge on any atom is 0.140 e. The Labute approximate surface area is 79.2 Å². The van der Waals surface area contributed by atoms with E-state index in [4.69, 9.17) is 0 Å². The van der Waals surface area contributed by atoms with E-state index in [9.17, 15) is 4.79 Å². The summed E-state index contributed by atoms with van der Waals surface area (Å²) in [7, 11) is 0. The molecule has 0 aromatic heterocycles. The van der Waals surface area contributed by atoms with Crippen molar-refractivity contribution >= 4 is 5.78 Å². The molecular weight excluding hydrogens is 160 g/mol. The summed E-state index contributed by atoms with van der Waals surface area (Å²) < 4.78 is 0. The fourth-order valence-electron chi connectivity index (χ4n) is 4.13. The number of Topliss-reactive ketones (excluding diaryl/α,β-unsaturated/α-hetero) is 1. The largest absolute Gasteiger partial charge is 0.299 e. The molecule has 0 aromatic carbocycles. The monoisotopic (exact) mass is 176 g/mol. The van der Waals surface area contributed by atoms with Crippen molar-refractivity contribution < 1.29 is 4.79 Å². The summed E-state index contributed by atoms with van der Waals surface area (Å²) in [5.74, 6) is 1.61. The van der Waals surface area contributed by atoms with Crippen molar-refractivity contribution in [2.45, 2.75) is 39.0 Å². The lowest BCUT2D eigenvalue weighted by Crippen LogP contribution is -2.26. The van der Waals surface area contributed by atoms with E-state index in [0.29, 0.717) is 17.1 Å². The van der Waals surface area contributed by atoms with E-state index in [1.807, 2.05) is 0 Å². The van der Waals surface area contributed by atoms with Gasteiger partial charge in [0.05, 0.1) is 0 Å². The molecule has 0 saturated heterocycles. The first-order valence-electron chi connectivity index (χ1n) is 5.45. The Kier molecular flexibility index (Phi) is 1.35. The van der Waals surface area contributed by atoms with Crippen LogP contribution in [0.4, 0.5) is 0 Å². The average Bonchev–Trinajstić information content (AvgIpc) is 2.65. The first-order chi connectivity index (χ1) is 6.24. The summed E-state index contributed by atoms with van der Waals surface area (Å²) >= 11 is 0. The molecule has 13 heavy (non-hydrogen) atoms. The normalized spacial score (nSPS) is 47.8. The maximum absolute atomic E-state index is 11.8. The Morgan fingerprint density at radius 1 is 1.46 bits per heavy atom. The van der Waals surface area contributed by atoms with Gasteiger partial charge < -0.3 is 0 Å². The minimum atomic E-state index is 0.333. The van der Waals surface area contributed by atoms with Crippen molar-refractivity contribution in [1.29, 1.82) is 0 Å². The molecule has 70 valence electrons. The van der Waals surface area contributed by atoms with Gasteiger partial charge in [-0.1, -0.05) is 18.1 Å². The third-order valence-corrected chi connectivity index (χ3v) is 4.55. The molecule has 0 heterocycles. The third-order valence-electron chi connectivity index (χ3n) is 4.55. The van der Waals surface area contributed by atoms with E-state index in [1.54, 1.807) is 0 Å². The van der Waals surface area contributed by atoms with Gasteiger partial charge in [-0.05, 0) is 37.5 Å². The molecule has 1 nitrogen and oxygen atoms in total. The highest BCUT2D eigenvalue weighted by atomic mass is 16.1. The summed E-state index contributed by atoms with van der Waals surface area (Å²) in [6.45, 7) is 2.16. The van der Waals surface area contributed by atoms with Crippen LogP contribution in [-0.4, -0.2) is 5.78 Å². The minimum absolute atomic E-state index is 0.333. The summed E-state index contributed by atoms with van der Waals surface area (Å²) in [5.41, 5.74) is 1.80. The third kappa shape index (κ3) is 0.762. The van der Waals surface area contributed by atoms with Crippen molar-refractivity contribution in [2.75, 3.05) is 0 Å². The fourth-order valence-corrected chi connectivity index (χ4v) is 4.13. The molecule has 2 saturated carbocycles. The van der Waals surface area contributed by atoms with Crippen molar-refractivity contribution in [3.8, 4) is 0 Å². The second-order valence-electron chi connectivity index (χ2n) is 5.04. The Bertz CT molecular complexity index is 302. The second kappa shape index (κ2) is 2.26. The van der Waals surface area contributed by atoms with Crippen molar-refractivity contribution in [1.82, 2.24) is 0 Å². The van der Waals surface area contributed by atoms with Gasteiger partial charge in [0.1, 0.15) is 5.78 Å². The van der Waals surface area contributed by atoms with E-state index in [2.05, 4.69) is 13.0 Å². The second-order valence-corrected chi connectivity index (χ2v) is 5.04. The molecule has 0 radical (unpaired) electrons. The van der Waals surface area contributed by atoms with E-state index in [1.165, 1.54) is 31.3 Å². The number of hydrogen-bond donors (Lipinski definition) is 0. The molecule has 0 aromatic rings. The van der Waals surface area contributed by atoms with Crippen LogP contribution in [0.15, 0.2) is 11.6 Å². The van der Waals surface area contributed by atoms with E-state index >= 15 is 0 Å². The van der Waals surface area contributed by atoms with Crippen LogP contribution in [0.25, 0.3) is 0 Å². The van der Waals surface area contributed by atoms with Crippen LogP contribution in [0, 0.1) is 17.3 Å². The average molecular weight is 176 g/mol. The quantitative estimate of drug-likeness (QED) is 0.519. The predicted octanol–water partition coefficient (Wildman–Crippen LogP) is 2.71. The Hall–Kier alpha value is -0.590. The molecule has 3 aliphatic rings. The summed E-state index contributed by atoms with van der Waals surface area (Å²) in [4.78, 5) is 11.8. The lowest BCUT2D eigenvalue weighted by molar-refractivity contribution is -0.120. The number of rotatable bonds is 0. The van der Waals surface area contributed by atoms with Crippen LogP contribution in [0.2, 0.25) is 0 Å². The van der Waals surface area contributed by atoms with Gasteiger partial charge in [0.25, 0.3) is 0 Å². The van der Waals surface area contributed by atoms with E-state index < -0.39 is 0 Å². The van der Waals surface area contributed by atoms with Crippen molar-refractivity contribution in [2.24, 2.45) is 17.3 Å². The van der Waals surface area contributed by atoms with Gasteiger partial charge in [-0.2, -0.15) is 0 Å². The highest BCUT2D eigenvalue weighted by molar-refractivity contribution is 5.88. The van der Waals surface area contributed by atoms with Gasteiger partial charge in [0.15, 0.2) is 0 Å². The zero-order valence-corrected chi connectivity index (χ0v) is 8.18. The summed E-state index contributed by atoms with van der Waals surface area (Å²) in [6, 6.07) is 0. The molecular formula is C12H16O. The number of hydrogen-bond acceptors (Lipinski definition) is 1. The number of allylic oxidation sites excluding steroid dienone is 2. The smallest absolute Gasteiger partial charge is 0.140 e. The molecule has 0 amide bonds. The Morgan fingerprint density at radius 2 is 2.31 bits per heavy atom. The SMILES string of the molecule is CC1=C[C@H]2CCC[C@]23CCC(=O)[C@H]13. The van der Waals surface area contributed by atoms with Gasteiger partial charge in [-0.15, -0.1) is 0 Å². The van der Waals surface area contributed by atoms with Gasteiger partial charge in [0, 0.05) is 12.3 Å². The van der Waals surface area contributed by atoms with E-state index in [0.717, 1.165) is 12.3 Å². The van der Waals surface area contributed by atoms with Gasteiger partial charge >= 0.3 is 0 Å². The zero-order chi connectivity index (χ0) is 9.05. The minimum Gasteiger partial charge on any atom is -0.299 e. The molecule has 0 aliphatic heterocycles. The first-order valence-corrected chi connectivity index (χ1v) is 5.45. The molecule has 0 unspecified atom stereocenters. The number of ketones is 1. The summed E-state index contributed by atoms with van der Waals surface area (Å²) in [5, 5.41) is 0. The lowest BCUT2D eigenvalue weighted by atomic mass is 9.73. The molecule has 1 heteroatoms. The number of carbonyl (C=O) groups excluding carboxylic acids is 1. The van der Waals surface area contributed by atoms with E-state index in [-0.39, 0.29) is 0 Å². The predicted molar refractivity (Wildman–Crippen MR) is 51.3 cm³/mol. The van der Waals surface area contributed by atoms with Crippen LogP contribution in [0.1, 0.15) is 39.0 Å². The zero-order valence-electron chi connectivity index (χ0n) is 8.18. The molecule has 1 spiro atoms. The molecule has 3 rings (SSSR count). The topological polar surface area (TPSA) is 17.1 Å². The van der Waals surface area contributed by atoms with Crippen LogP contribution in [-0.2, 0) is 4.79 Å². The molecule has 3 aliphatic carbocycles. The van der Waals surface area contributed by atoms with Crippen molar-refractivity contribution in [3.05, 3.63) is 11.6 Å². The molecule has 0 bridgehead atoms.